The monoisotopic (exact) mass is 345 g/mol. The van der Waals surface area contributed by atoms with Crippen LogP contribution in [0.15, 0.2) is 30.3 Å². The first-order chi connectivity index (χ1) is 6.48. The minimum absolute atomic E-state index is 0. The van der Waals surface area contributed by atoms with Gasteiger partial charge in [0.15, 0.2) is 0 Å². The molecule has 0 aromatic heterocycles. The van der Waals surface area contributed by atoms with Gasteiger partial charge in [0.1, 0.15) is 0 Å². The summed E-state index contributed by atoms with van der Waals surface area (Å²) in [6.07, 6.45) is 0. The van der Waals surface area contributed by atoms with E-state index in [1.54, 1.807) is 0 Å². The first kappa shape index (κ1) is 19.6. The molecule has 0 heterocycles. The summed E-state index contributed by atoms with van der Waals surface area (Å²) in [4.78, 5) is 0. The van der Waals surface area contributed by atoms with Gasteiger partial charge in [-0.05, 0) is 5.41 Å². The van der Waals surface area contributed by atoms with E-state index >= 15 is 0 Å². The van der Waals surface area contributed by atoms with Crippen LogP contribution in [-0.4, -0.2) is 0 Å². The van der Waals surface area contributed by atoms with Crippen LogP contribution in [0.2, 0.25) is 0 Å². The Bertz CT molecular complexity index is 467. The Morgan fingerprint density at radius 1 is 1.06 bits per heavy atom. The number of aryl methyl sites for hydroxylation is 1. The summed E-state index contributed by atoms with van der Waals surface area (Å²) in [6.45, 7) is 8.96. The topological polar surface area (TPSA) is 0 Å². The van der Waals surface area contributed by atoms with Gasteiger partial charge in [0.2, 0.25) is 0 Å². The molecule has 0 bridgehead atoms. The van der Waals surface area contributed by atoms with Gasteiger partial charge in [-0.3, -0.25) is 0 Å². The van der Waals surface area contributed by atoms with Crippen LogP contribution in [0.1, 0.15) is 31.9 Å². The molecule has 0 N–H and O–H groups in total. The van der Waals surface area contributed by atoms with E-state index in [1.807, 2.05) is 0 Å². The molecule has 0 spiro atoms. The molecule has 0 nitrogen and oxygen atoms in total. The van der Waals surface area contributed by atoms with Crippen molar-refractivity contribution < 1.29 is 51.0 Å². The number of halogens is 2. The minimum atomic E-state index is 0. The summed E-state index contributed by atoms with van der Waals surface area (Å²) in [6, 6.07) is 11.1. The van der Waals surface area contributed by atoms with Gasteiger partial charge < -0.3 is 24.8 Å². The molecule has 0 aliphatic carbocycles. The van der Waals surface area contributed by atoms with Crippen LogP contribution >= 0.6 is 0 Å². The predicted molar refractivity (Wildman–Crippen MR) is 63.0 cm³/mol. The van der Waals surface area contributed by atoms with Crippen molar-refractivity contribution in [1.29, 1.82) is 0 Å². The zero-order valence-electron chi connectivity index (χ0n) is 10.6. The third-order valence-electron chi connectivity index (χ3n) is 2.70. The molecule has 91 valence electrons. The number of hydrogen-bond acceptors (Lipinski definition) is 0. The Balaban J connectivity index is 0. The predicted octanol–water partition coefficient (Wildman–Crippen LogP) is -1.83. The molecule has 0 saturated heterocycles. The number of benzene rings is 1. The van der Waals surface area contributed by atoms with Gasteiger partial charge in [0.25, 0.3) is 0 Å². The smallest absolute Gasteiger partial charge is 1.00 e. The molecular formula is C14H17Cl2Zr. The van der Waals surface area contributed by atoms with Crippen LogP contribution < -0.4 is 24.8 Å². The number of fused-ring (bicyclic) bond motifs is 1. The van der Waals surface area contributed by atoms with E-state index in [0.29, 0.717) is 0 Å². The molecular weight excluding hydrogens is 330 g/mol. The second kappa shape index (κ2) is 7.02. The fourth-order valence-corrected chi connectivity index (χ4v) is 2.04. The Kier molecular flexibility index (Phi) is 8.11. The van der Waals surface area contributed by atoms with Crippen molar-refractivity contribution in [2.24, 2.45) is 0 Å². The van der Waals surface area contributed by atoms with Crippen molar-refractivity contribution >= 4 is 10.8 Å². The molecule has 0 aliphatic heterocycles. The van der Waals surface area contributed by atoms with Crippen LogP contribution in [0.25, 0.3) is 10.8 Å². The summed E-state index contributed by atoms with van der Waals surface area (Å²) in [5.41, 5.74) is 3.04. The Morgan fingerprint density at radius 3 is 2.18 bits per heavy atom. The molecule has 0 saturated carbocycles. The van der Waals surface area contributed by atoms with Gasteiger partial charge in [-0.1, -0.05) is 39.3 Å². The van der Waals surface area contributed by atoms with Crippen molar-refractivity contribution in [3.63, 3.8) is 0 Å². The number of rotatable bonds is 0. The molecule has 1 radical (unpaired) electrons. The average Bonchev–Trinajstić information content (AvgIpc) is 2.41. The van der Waals surface area contributed by atoms with Crippen molar-refractivity contribution in [2.75, 3.05) is 0 Å². The summed E-state index contributed by atoms with van der Waals surface area (Å²) >= 11 is 0. The largest absolute Gasteiger partial charge is 3.00 e. The van der Waals surface area contributed by atoms with Crippen LogP contribution in [0.4, 0.5) is 0 Å². The van der Waals surface area contributed by atoms with Gasteiger partial charge >= 0.3 is 26.2 Å². The normalized spacial score (nSPS) is 10.1. The molecule has 17 heavy (non-hydrogen) atoms. The number of hydrogen-bond donors (Lipinski definition) is 0. The third-order valence-corrected chi connectivity index (χ3v) is 2.70. The summed E-state index contributed by atoms with van der Waals surface area (Å²) in [7, 11) is 0. The zero-order valence-corrected chi connectivity index (χ0v) is 14.6. The Hall–Kier alpha value is 0.293. The van der Waals surface area contributed by atoms with Gasteiger partial charge in [0, 0.05) is 0 Å². The molecule has 0 unspecified atom stereocenters. The first-order valence-electron chi connectivity index (χ1n) is 5.15. The van der Waals surface area contributed by atoms with E-state index < -0.39 is 0 Å². The van der Waals surface area contributed by atoms with E-state index in [4.69, 9.17) is 0 Å². The van der Waals surface area contributed by atoms with Crippen molar-refractivity contribution in [3.8, 4) is 0 Å². The third kappa shape index (κ3) is 4.16. The van der Waals surface area contributed by atoms with Crippen LogP contribution in [-0.2, 0) is 31.6 Å². The standard InChI is InChI=1S/C14H17.2ClH.Zr/c1-10-8-11-6-5-7-13(12(11)9-10)14(2,3)4;;;/h5-9H,1-4H3;2*1H;/q-1;;;+3/p-2. The molecule has 0 amide bonds. The fourth-order valence-electron chi connectivity index (χ4n) is 2.04. The SMILES string of the molecule is Cc1cc2c(C(C)(C)C)cccc2[cH-]1.[Cl-].[Cl-].[Zr+3]. The quantitative estimate of drug-likeness (QED) is 0.492. The Labute approximate surface area is 135 Å². The van der Waals surface area contributed by atoms with Gasteiger partial charge in [-0.2, -0.15) is 6.07 Å². The van der Waals surface area contributed by atoms with E-state index in [1.165, 1.54) is 21.9 Å². The molecule has 2 aromatic rings. The summed E-state index contributed by atoms with van der Waals surface area (Å²) in [5.74, 6) is 0. The van der Waals surface area contributed by atoms with Gasteiger partial charge in [-0.15, -0.1) is 34.5 Å². The fraction of sp³-hybridized carbons (Fsp3) is 0.357. The van der Waals surface area contributed by atoms with Crippen LogP contribution in [0, 0.1) is 6.92 Å². The van der Waals surface area contributed by atoms with Crippen molar-refractivity contribution in [2.45, 2.75) is 33.1 Å². The molecule has 3 heteroatoms. The van der Waals surface area contributed by atoms with E-state index in [2.05, 4.69) is 58.0 Å². The maximum Gasteiger partial charge on any atom is 3.00 e. The Morgan fingerprint density at radius 2 is 1.65 bits per heavy atom. The van der Waals surface area contributed by atoms with Crippen molar-refractivity contribution in [1.82, 2.24) is 0 Å². The molecule has 0 fully saturated rings. The average molecular weight is 347 g/mol. The van der Waals surface area contributed by atoms with Crippen LogP contribution in [0.5, 0.6) is 0 Å². The van der Waals surface area contributed by atoms with Gasteiger partial charge in [0.05, 0.1) is 0 Å². The summed E-state index contributed by atoms with van der Waals surface area (Å²) < 4.78 is 0. The second-order valence-corrected chi connectivity index (χ2v) is 5.09. The van der Waals surface area contributed by atoms with Crippen molar-refractivity contribution in [3.05, 3.63) is 41.5 Å². The molecule has 2 aromatic carbocycles. The molecule has 0 atom stereocenters. The molecule has 2 rings (SSSR count). The second-order valence-electron chi connectivity index (χ2n) is 5.09. The maximum absolute atomic E-state index is 2.29. The van der Waals surface area contributed by atoms with E-state index in [-0.39, 0.29) is 56.4 Å². The zero-order chi connectivity index (χ0) is 10.3. The minimum Gasteiger partial charge on any atom is -1.00 e. The van der Waals surface area contributed by atoms with Crippen LogP contribution in [0.3, 0.4) is 0 Å². The van der Waals surface area contributed by atoms with E-state index in [0.717, 1.165) is 0 Å². The maximum atomic E-state index is 2.29. The summed E-state index contributed by atoms with van der Waals surface area (Å²) in [5, 5.41) is 2.78. The first-order valence-corrected chi connectivity index (χ1v) is 5.15. The van der Waals surface area contributed by atoms with E-state index in [9.17, 15) is 0 Å². The molecule has 0 aliphatic rings. The van der Waals surface area contributed by atoms with Gasteiger partial charge in [-0.25, -0.2) is 0 Å².